The number of hydrogen-bond donors (Lipinski definition) is 0. The third-order valence-corrected chi connectivity index (χ3v) is 4.69. The number of benzene rings is 1. The van der Waals surface area contributed by atoms with E-state index >= 15 is 0 Å². The number of aryl methyl sites for hydroxylation is 1. The molecule has 4 heteroatoms. The molecule has 0 radical (unpaired) electrons. The monoisotopic (exact) mass is 298 g/mol. The highest BCUT2D eigenvalue weighted by molar-refractivity contribution is 6.21. The number of hydrogen-bond acceptors (Lipinski definition) is 2. The Bertz CT molecular complexity index is 444. The first kappa shape index (κ1) is 15.7. The number of nitrogens with zero attached hydrogens (tertiary/aromatic N) is 2. The Balaban J connectivity index is 1.93. The molecule has 1 fully saturated rings. The fourth-order valence-corrected chi connectivity index (χ4v) is 3.16. The lowest BCUT2D eigenvalue weighted by Gasteiger charge is -2.36. The summed E-state index contributed by atoms with van der Waals surface area (Å²) in [6, 6.07) is 5.77. The molecule has 1 aliphatic rings. The van der Waals surface area contributed by atoms with Crippen molar-refractivity contribution in [2.45, 2.75) is 31.2 Å². The van der Waals surface area contributed by atoms with Crippen LogP contribution in [0.15, 0.2) is 18.2 Å². The fourth-order valence-electron chi connectivity index (χ4n) is 2.81. The molecule has 0 amide bonds. The molecule has 0 aromatic heterocycles. The van der Waals surface area contributed by atoms with Crippen molar-refractivity contribution in [1.29, 1.82) is 0 Å². The third-order valence-electron chi connectivity index (χ3n) is 4.30. The predicted molar refractivity (Wildman–Crippen MR) is 82.9 cm³/mol. The quantitative estimate of drug-likeness (QED) is 0.786. The molecule has 2 rings (SSSR count). The molecule has 0 spiro atoms. The first-order valence-electron chi connectivity index (χ1n) is 7.26. The van der Waals surface area contributed by atoms with E-state index in [0.29, 0.717) is 11.6 Å². The van der Waals surface area contributed by atoms with Crippen LogP contribution in [0.3, 0.4) is 0 Å². The van der Waals surface area contributed by atoms with Crippen LogP contribution in [0, 0.1) is 12.7 Å². The SMILES string of the molecule is Cc1cc(C(Cl)CN(C)C2CCN(C)CC2)ccc1F. The van der Waals surface area contributed by atoms with E-state index in [-0.39, 0.29) is 11.2 Å². The van der Waals surface area contributed by atoms with Crippen LogP contribution >= 0.6 is 11.6 Å². The van der Waals surface area contributed by atoms with E-state index in [1.165, 1.54) is 18.9 Å². The van der Waals surface area contributed by atoms with Crippen molar-refractivity contribution in [3.8, 4) is 0 Å². The zero-order valence-electron chi connectivity index (χ0n) is 12.6. The molecule has 1 aromatic carbocycles. The fraction of sp³-hybridized carbons (Fsp3) is 0.625. The highest BCUT2D eigenvalue weighted by Crippen LogP contribution is 2.25. The summed E-state index contributed by atoms with van der Waals surface area (Å²) in [6.45, 7) is 4.89. The normalized spacial score (nSPS) is 19.5. The number of halogens is 2. The maximum Gasteiger partial charge on any atom is 0.126 e. The zero-order valence-corrected chi connectivity index (χ0v) is 13.3. The minimum atomic E-state index is -0.165. The van der Waals surface area contributed by atoms with Crippen LogP contribution in [0.5, 0.6) is 0 Å². The summed E-state index contributed by atoms with van der Waals surface area (Å²) in [5.41, 5.74) is 1.67. The molecule has 1 saturated heterocycles. The summed E-state index contributed by atoms with van der Waals surface area (Å²) >= 11 is 6.50. The van der Waals surface area contributed by atoms with Crippen LogP contribution in [0.1, 0.15) is 29.3 Å². The van der Waals surface area contributed by atoms with Crippen LogP contribution in [-0.4, -0.2) is 49.6 Å². The van der Waals surface area contributed by atoms with Gasteiger partial charge in [0.05, 0.1) is 5.38 Å². The molecule has 1 aliphatic heterocycles. The van der Waals surface area contributed by atoms with E-state index in [1.54, 1.807) is 13.0 Å². The lowest BCUT2D eigenvalue weighted by atomic mass is 10.0. The second-order valence-corrected chi connectivity index (χ2v) is 6.48. The Morgan fingerprint density at radius 3 is 2.65 bits per heavy atom. The van der Waals surface area contributed by atoms with Crippen molar-refractivity contribution in [3.05, 3.63) is 35.1 Å². The molecule has 0 saturated carbocycles. The number of likely N-dealkylation sites (N-methyl/N-ethyl adjacent to an activating group) is 1. The van der Waals surface area contributed by atoms with E-state index in [1.807, 2.05) is 6.07 Å². The highest BCUT2D eigenvalue weighted by atomic mass is 35.5. The maximum atomic E-state index is 13.3. The van der Waals surface area contributed by atoms with Gasteiger partial charge in [0.25, 0.3) is 0 Å². The topological polar surface area (TPSA) is 6.48 Å². The van der Waals surface area contributed by atoms with Gasteiger partial charge in [-0.25, -0.2) is 4.39 Å². The van der Waals surface area contributed by atoms with Crippen molar-refractivity contribution < 1.29 is 4.39 Å². The number of likely N-dealkylation sites (tertiary alicyclic amines) is 1. The van der Waals surface area contributed by atoms with E-state index in [0.717, 1.165) is 25.2 Å². The summed E-state index contributed by atoms with van der Waals surface area (Å²) in [4.78, 5) is 4.72. The van der Waals surface area contributed by atoms with E-state index in [2.05, 4.69) is 23.9 Å². The Labute approximate surface area is 126 Å². The van der Waals surface area contributed by atoms with Gasteiger partial charge in [0.1, 0.15) is 5.82 Å². The summed E-state index contributed by atoms with van der Waals surface area (Å²) in [6.07, 6.45) is 2.39. The van der Waals surface area contributed by atoms with Crippen molar-refractivity contribution >= 4 is 11.6 Å². The largest absolute Gasteiger partial charge is 0.306 e. The first-order valence-corrected chi connectivity index (χ1v) is 7.70. The molecule has 0 bridgehead atoms. The number of piperidine rings is 1. The third kappa shape index (κ3) is 3.94. The Hall–Kier alpha value is -0.640. The van der Waals surface area contributed by atoms with Gasteiger partial charge in [-0.05, 0) is 64.1 Å². The van der Waals surface area contributed by atoms with Gasteiger partial charge in [0, 0.05) is 12.6 Å². The van der Waals surface area contributed by atoms with Crippen LogP contribution < -0.4 is 0 Å². The van der Waals surface area contributed by atoms with Crippen molar-refractivity contribution in [3.63, 3.8) is 0 Å². The van der Waals surface area contributed by atoms with Gasteiger partial charge in [-0.2, -0.15) is 0 Å². The smallest absolute Gasteiger partial charge is 0.126 e. The van der Waals surface area contributed by atoms with Gasteiger partial charge in [0.15, 0.2) is 0 Å². The molecule has 0 N–H and O–H groups in total. The van der Waals surface area contributed by atoms with Crippen LogP contribution in [-0.2, 0) is 0 Å². The molecule has 1 unspecified atom stereocenters. The lowest BCUT2D eigenvalue weighted by Crippen LogP contribution is -2.42. The second-order valence-electron chi connectivity index (χ2n) is 5.95. The minimum absolute atomic E-state index is 0.0843. The highest BCUT2D eigenvalue weighted by Gasteiger charge is 2.22. The van der Waals surface area contributed by atoms with Gasteiger partial charge in [-0.3, -0.25) is 0 Å². The lowest BCUT2D eigenvalue weighted by molar-refractivity contribution is 0.144. The molecule has 1 atom stereocenters. The first-order chi connectivity index (χ1) is 9.47. The van der Waals surface area contributed by atoms with Crippen LogP contribution in [0.4, 0.5) is 4.39 Å². The van der Waals surface area contributed by atoms with Crippen molar-refractivity contribution in [1.82, 2.24) is 9.80 Å². The van der Waals surface area contributed by atoms with Crippen molar-refractivity contribution in [2.24, 2.45) is 0 Å². The summed E-state index contributed by atoms with van der Waals surface area (Å²) in [7, 11) is 4.31. The summed E-state index contributed by atoms with van der Waals surface area (Å²) in [5.74, 6) is -0.165. The second kappa shape index (κ2) is 6.88. The van der Waals surface area contributed by atoms with Gasteiger partial charge in [-0.1, -0.05) is 12.1 Å². The van der Waals surface area contributed by atoms with Crippen LogP contribution in [0.25, 0.3) is 0 Å². The summed E-state index contributed by atoms with van der Waals surface area (Å²) in [5, 5.41) is -0.0843. The van der Waals surface area contributed by atoms with Gasteiger partial charge in [-0.15, -0.1) is 11.6 Å². The molecule has 1 heterocycles. The van der Waals surface area contributed by atoms with E-state index in [4.69, 9.17) is 11.6 Å². The van der Waals surface area contributed by atoms with Gasteiger partial charge >= 0.3 is 0 Å². The Morgan fingerprint density at radius 2 is 2.05 bits per heavy atom. The van der Waals surface area contributed by atoms with Gasteiger partial charge in [0.2, 0.25) is 0 Å². The number of rotatable bonds is 4. The van der Waals surface area contributed by atoms with Crippen LogP contribution in [0.2, 0.25) is 0 Å². The Kier molecular flexibility index (Phi) is 5.42. The maximum absolute atomic E-state index is 13.3. The molecule has 20 heavy (non-hydrogen) atoms. The zero-order chi connectivity index (χ0) is 14.7. The molecule has 2 nitrogen and oxygen atoms in total. The average molecular weight is 299 g/mol. The molecular weight excluding hydrogens is 275 g/mol. The molecular formula is C16H24ClFN2. The average Bonchev–Trinajstić information content (AvgIpc) is 2.42. The van der Waals surface area contributed by atoms with Gasteiger partial charge < -0.3 is 9.80 Å². The Morgan fingerprint density at radius 1 is 1.40 bits per heavy atom. The van der Waals surface area contributed by atoms with E-state index < -0.39 is 0 Å². The molecule has 1 aromatic rings. The molecule has 0 aliphatic carbocycles. The van der Waals surface area contributed by atoms with Crippen molar-refractivity contribution in [2.75, 3.05) is 33.7 Å². The minimum Gasteiger partial charge on any atom is -0.306 e. The standard InChI is InChI=1S/C16H24ClFN2/c1-12-10-13(4-5-16(12)18)15(17)11-20(3)14-6-8-19(2)9-7-14/h4-5,10,14-15H,6-9,11H2,1-3H3. The molecule has 112 valence electrons. The number of alkyl halides is 1. The summed E-state index contributed by atoms with van der Waals surface area (Å²) < 4.78 is 13.3. The van der Waals surface area contributed by atoms with E-state index in [9.17, 15) is 4.39 Å². The predicted octanol–water partition coefficient (Wildman–Crippen LogP) is 3.44.